The van der Waals surface area contributed by atoms with Crippen molar-refractivity contribution in [3.8, 4) is 6.07 Å². The molecule has 0 radical (unpaired) electrons. The standard InChI is InChI=1S/C21H16N4O3/c1-28-21(27)15-5-7-17(8-6-15)25-20(26)16-9-10-23-19(12-16)24-18-4-2-3-14(11-18)13-22/h2-12H,1H3,(H,23,24)(H,25,26). The summed E-state index contributed by atoms with van der Waals surface area (Å²) in [6, 6.07) is 18.6. The molecule has 0 spiro atoms. The molecule has 0 bridgehead atoms. The summed E-state index contributed by atoms with van der Waals surface area (Å²) in [5, 5.41) is 14.8. The van der Waals surface area contributed by atoms with Crippen LogP contribution in [-0.2, 0) is 4.74 Å². The number of nitrogens with one attached hydrogen (secondary N) is 2. The van der Waals surface area contributed by atoms with Gasteiger partial charge in [0.1, 0.15) is 5.82 Å². The second-order valence-electron chi connectivity index (χ2n) is 5.77. The highest BCUT2D eigenvalue weighted by molar-refractivity contribution is 6.04. The summed E-state index contributed by atoms with van der Waals surface area (Å²) in [5.74, 6) is -0.283. The molecule has 3 aromatic rings. The lowest BCUT2D eigenvalue weighted by Gasteiger charge is -2.09. The Morgan fingerprint density at radius 1 is 1.00 bits per heavy atom. The Bertz CT molecular complexity index is 1060. The van der Waals surface area contributed by atoms with Crippen molar-refractivity contribution in [2.24, 2.45) is 0 Å². The highest BCUT2D eigenvalue weighted by Gasteiger charge is 2.09. The Morgan fingerprint density at radius 3 is 2.50 bits per heavy atom. The molecule has 7 nitrogen and oxygen atoms in total. The van der Waals surface area contributed by atoms with E-state index in [9.17, 15) is 9.59 Å². The SMILES string of the molecule is COC(=O)c1ccc(NC(=O)c2ccnc(Nc3cccc(C#N)c3)c2)cc1. The van der Waals surface area contributed by atoms with Crippen molar-refractivity contribution in [1.29, 1.82) is 5.26 Å². The number of ether oxygens (including phenoxy) is 1. The van der Waals surface area contributed by atoms with E-state index in [-0.39, 0.29) is 5.91 Å². The van der Waals surface area contributed by atoms with Gasteiger partial charge in [0, 0.05) is 23.1 Å². The van der Waals surface area contributed by atoms with E-state index in [1.807, 2.05) is 0 Å². The van der Waals surface area contributed by atoms with E-state index in [2.05, 4.69) is 26.4 Å². The third-order valence-electron chi connectivity index (χ3n) is 3.85. The zero-order chi connectivity index (χ0) is 19.9. The molecule has 0 fully saturated rings. The van der Waals surface area contributed by atoms with Crippen molar-refractivity contribution < 1.29 is 14.3 Å². The second kappa shape index (κ2) is 8.47. The van der Waals surface area contributed by atoms with E-state index >= 15 is 0 Å². The number of nitrogens with zero attached hydrogens (tertiary/aromatic N) is 2. The fourth-order valence-corrected chi connectivity index (χ4v) is 2.47. The van der Waals surface area contributed by atoms with Crippen molar-refractivity contribution >= 4 is 29.1 Å². The van der Waals surface area contributed by atoms with Gasteiger partial charge in [0.15, 0.2) is 0 Å². The number of rotatable bonds is 5. The Balaban J connectivity index is 1.71. The van der Waals surface area contributed by atoms with Crippen molar-refractivity contribution in [3.05, 3.63) is 83.6 Å². The summed E-state index contributed by atoms with van der Waals surface area (Å²) in [7, 11) is 1.31. The summed E-state index contributed by atoms with van der Waals surface area (Å²) < 4.78 is 4.65. The van der Waals surface area contributed by atoms with Crippen LogP contribution in [0, 0.1) is 11.3 Å². The topological polar surface area (TPSA) is 104 Å². The minimum Gasteiger partial charge on any atom is -0.465 e. The minimum absolute atomic E-state index is 0.318. The van der Waals surface area contributed by atoms with Crippen LogP contribution in [0.5, 0.6) is 0 Å². The number of amides is 1. The van der Waals surface area contributed by atoms with Crippen molar-refractivity contribution in [1.82, 2.24) is 4.98 Å². The molecule has 0 saturated carbocycles. The molecule has 28 heavy (non-hydrogen) atoms. The lowest BCUT2D eigenvalue weighted by molar-refractivity contribution is 0.0600. The van der Waals surface area contributed by atoms with Crippen LogP contribution in [0.4, 0.5) is 17.2 Å². The average molecular weight is 372 g/mol. The molecule has 3 rings (SSSR count). The first-order valence-electron chi connectivity index (χ1n) is 8.32. The fourth-order valence-electron chi connectivity index (χ4n) is 2.47. The maximum absolute atomic E-state index is 12.5. The third-order valence-corrected chi connectivity index (χ3v) is 3.85. The molecule has 0 atom stereocenters. The lowest BCUT2D eigenvalue weighted by Crippen LogP contribution is -2.12. The van der Waals surface area contributed by atoms with Crippen LogP contribution in [0.25, 0.3) is 0 Å². The monoisotopic (exact) mass is 372 g/mol. The number of nitriles is 1. The Hall–Kier alpha value is -4.18. The van der Waals surface area contributed by atoms with Gasteiger partial charge in [0.05, 0.1) is 24.3 Å². The van der Waals surface area contributed by atoms with Gasteiger partial charge in [-0.1, -0.05) is 6.07 Å². The second-order valence-corrected chi connectivity index (χ2v) is 5.77. The van der Waals surface area contributed by atoms with Gasteiger partial charge in [-0.25, -0.2) is 9.78 Å². The summed E-state index contributed by atoms with van der Waals surface area (Å²) >= 11 is 0. The Kier molecular flexibility index (Phi) is 5.63. The lowest BCUT2D eigenvalue weighted by atomic mass is 10.2. The molecule has 2 N–H and O–H groups in total. The number of carbonyl (C=O) groups excluding carboxylic acids is 2. The van der Waals surface area contributed by atoms with Crippen LogP contribution in [0.2, 0.25) is 0 Å². The van der Waals surface area contributed by atoms with Gasteiger partial charge in [0.2, 0.25) is 0 Å². The third kappa shape index (κ3) is 4.51. The maximum Gasteiger partial charge on any atom is 0.337 e. The van der Waals surface area contributed by atoms with Gasteiger partial charge >= 0.3 is 5.97 Å². The normalized spacial score (nSPS) is 9.86. The first-order chi connectivity index (χ1) is 13.6. The van der Waals surface area contributed by atoms with Crippen LogP contribution in [0.3, 0.4) is 0 Å². The summed E-state index contributed by atoms with van der Waals surface area (Å²) in [5.41, 5.74) is 2.57. The molecule has 1 aromatic heterocycles. The number of hydrogen-bond donors (Lipinski definition) is 2. The highest BCUT2D eigenvalue weighted by Crippen LogP contribution is 2.18. The fraction of sp³-hybridized carbons (Fsp3) is 0.0476. The molecule has 0 aliphatic heterocycles. The van der Waals surface area contributed by atoms with E-state index in [1.54, 1.807) is 60.7 Å². The summed E-state index contributed by atoms with van der Waals surface area (Å²) in [6.07, 6.45) is 1.52. The van der Waals surface area contributed by atoms with Gasteiger partial charge in [-0.15, -0.1) is 0 Å². The predicted octanol–water partition coefficient (Wildman–Crippen LogP) is 3.74. The first-order valence-corrected chi connectivity index (χ1v) is 8.32. The molecule has 1 heterocycles. The van der Waals surface area contributed by atoms with Gasteiger partial charge < -0.3 is 15.4 Å². The predicted molar refractivity (Wildman–Crippen MR) is 104 cm³/mol. The number of esters is 1. The van der Waals surface area contributed by atoms with E-state index in [0.29, 0.717) is 33.9 Å². The molecule has 0 unspecified atom stereocenters. The van der Waals surface area contributed by atoms with E-state index < -0.39 is 5.97 Å². The average Bonchev–Trinajstić information content (AvgIpc) is 2.74. The zero-order valence-corrected chi connectivity index (χ0v) is 15.0. The Labute approximate surface area is 161 Å². The number of anilines is 3. The van der Waals surface area contributed by atoms with Crippen molar-refractivity contribution in [2.45, 2.75) is 0 Å². The van der Waals surface area contributed by atoms with Crippen LogP contribution in [-0.4, -0.2) is 24.0 Å². The number of carbonyl (C=O) groups is 2. The molecule has 0 saturated heterocycles. The molecule has 0 aliphatic rings. The first kappa shape index (κ1) is 18.6. The Morgan fingerprint density at radius 2 is 1.79 bits per heavy atom. The molecule has 2 aromatic carbocycles. The van der Waals surface area contributed by atoms with Crippen LogP contribution >= 0.6 is 0 Å². The van der Waals surface area contributed by atoms with Crippen molar-refractivity contribution in [2.75, 3.05) is 17.7 Å². The van der Waals surface area contributed by atoms with Gasteiger partial charge in [-0.3, -0.25) is 4.79 Å². The molecule has 0 aliphatic carbocycles. The number of benzene rings is 2. The number of methoxy groups -OCH3 is 1. The van der Waals surface area contributed by atoms with Crippen LogP contribution in [0.1, 0.15) is 26.3 Å². The number of aromatic nitrogens is 1. The molecular weight excluding hydrogens is 356 g/mol. The molecule has 7 heteroatoms. The largest absolute Gasteiger partial charge is 0.465 e. The summed E-state index contributed by atoms with van der Waals surface area (Å²) in [6.45, 7) is 0. The molecule has 138 valence electrons. The van der Waals surface area contributed by atoms with Crippen LogP contribution < -0.4 is 10.6 Å². The highest BCUT2D eigenvalue weighted by atomic mass is 16.5. The van der Waals surface area contributed by atoms with E-state index in [1.165, 1.54) is 13.3 Å². The maximum atomic E-state index is 12.5. The van der Waals surface area contributed by atoms with Gasteiger partial charge in [0.25, 0.3) is 5.91 Å². The summed E-state index contributed by atoms with van der Waals surface area (Å²) in [4.78, 5) is 28.1. The minimum atomic E-state index is -0.441. The number of hydrogen-bond acceptors (Lipinski definition) is 6. The van der Waals surface area contributed by atoms with E-state index in [0.717, 1.165) is 0 Å². The van der Waals surface area contributed by atoms with Crippen molar-refractivity contribution in [3.63, 3.8) is 0 Å². The van der Waals surface area contributed by atoms with Crippen LogP contribution in [0.15, 0.2) is 66.9 Å². The van der Waals surface area contributed by atoms with Gasteiger partial charge in [-0.05, 0) is 54.6 Å². The van der Waals surface area contributed by atoms with E-state index in [4.69, 9.17) is 5.26 Å². The van der Waals surface area contributed by atoms with Gasteiger partial charge in [-0.2, -0.15) is 5.26 Å². The quantitative estimate of drug-likeness (QED) is 0.661. The molecule has 1 amide bonds. The number of pyridine rings is 1. The smallest absolute Gasteiger partial charge is 0.337 e. The zero-order valence-electron chi connectivity index (χ0n) is 15.0. The molecular formula is C21H16N4O3.